The van der Waals surface area contributed by atoms with Crippen LogP contribution >= 0.6 is 34.2 Å². The number of Topliss-reactive ketones (excluding diaryl/α,β-unsaturated/α-hetero) is 2. The number of methoxy groups -OCH3 is 1. The third-order valence-electron chi connectivity index (χ3n) is 9.88. The van der Waals surface area contributed by atoms with Crippen LogP contribution in [-0.4, -0.2) is 42.6 Å². The molecule has 9 heteroatoms. The number of hydrogen-bond donors (Lipinski definition) is 1. The SMILES string of the molecule is COc1cc(C2C3=C(CC(C)(C)CC3=O)N(CCc3ccccc3)C3=C2C(=O)CC(C)(C)C3)cc(I)c1OCC(=O)Nc1ccc(C)c(Cl)c1. The van der Waals surface area contributed by atoms with Crippen LogP contribution in [0.2, 0.25) is 5.02 Å². The normalized spacial score (nSPS) is 18.5. The van der Waals surface area contributed by atoms with Crippen LogP contribution in [0.4, 0.5) is 5.69 Å². The van der Waals surface area contributed by atoms with E-state index in [-0.39, 0.29) is 34.9 Å². The van der Waals surface area contributed by atoms with Crippen molar-refractivity contribution in [3.05, 3.63) is 108 Å². The number of nitrogens with zero attached hydrogens (tertiary/aromatic N) is 1. The van der Waals surface area contributed by atoms with E-state index in [0.29, 0.717) is 56.3 Å². The molecule has 3 aromatic carbocycles. The van der Waals surface area contributed by atoms with Crippen LogP contribution in [-0.2, 0) is 20.8 Å². The van der Waals surface area contributed by atoms with Gasteiger partial charge >= 0.3 is 0 Å². The Kier molecular flexibility index (Phi) is 10.3. The molecule has 3 aliphatic rings. The molecular weight excluding hydrogens is 763 g/mol. The molecule has 0 aromatic heterocycles. The first kappa shape index (κ1) is 36.2. The fourth-order valence-electron chi connectivity index (χ4n) is 7.59. The van der Waals surface area contributed by atoms with Gasteiger partial charge in [0.25, 0.3) is 5.91 Å². The van der Waals surface area contributed by atoms with Gasteiger partial charge in [0, 0.05) is 58.6 Å². The average Bonchev–Trinajstić information content (AvgIpc) is 3.03. The molecule has 1 N–H and O–H groups in total. The first-order valence-electron chi connectivity index (χ1n) is 17.1. The molecule has 1 aliphatic heterocycles. The minimum Gasteiger partial charge on any atom is -0.493 e. The maximum absolute atomic E-state index is 14.3. The number of rotatable bonds is 9. The van der Waals surface area contributed by atoms with Crippen molar-refractivity contribution in [2.24, 2.45) is 10.8 Å². The minimum atomic E-state index is -0.522. The second-order valence-electron chi connectivity index (χ2n) is 15.3. The zero-order chi connectivity index (χ0) is 36.0. The highest BCUT2D eigenvalue weighted by Crippen LogP contribution is 2.55. The van der Waals surface area contributed by atoms with Crippen molar-refractivity contribution in [3.63, 3.8) is 0 Å². The summed E-state index contributed by atoms with van der Waals surface area (Å²) in [6, 6.07) is 19.5. The molecule has 1 amide bonds. The Morgan fingerprint density at radius 3 is 2.12 bits per heavy atom. The predicted molar refractivity (Wildman–Crippen MR) is 206 cm³/mol. The summed E-state index contributed by atoms with van der Waals surface area (Å²) < 4.78 is 12.6. The summed E-state index contributed by atoms with van der Waals surface area (Å²) in [4.78, 5) is 43.8. The number of hydrogen-bond acceptors (Lipinski definition) is 6. The molecule has 0 saturated carbocycles. The number of ketones is 2. The van der Waals surface area contributed by atoms with Crippen molar-refractivity contribution in [1.82, 2.24) is 4.90 Å². The van der Waals surface area contributed by atoms with Crippen LogP contribution in [0, 0.1) is 21.3 Å². The van der Waals surface area contributed by atoms with Crippen LogP contribution in [0.15, 0.2) is 83.2 Å². The number of allylic oxidation sites excluding steroid dienone is 4. The average molecular weight is 807 g/mol. The number of anilines is 1. The second-order valence-corrected chi connectivity index (χ2v) is 16.8. The molecule has 0 spiro atoms. The van der Waals surface area contributed by atoms with Crippen LogP contribution < -0.4 is 14.8 Å². The van der Waals surface area contributed by atoms with Crippen molar-refractivity contribution >= 4 is 57.4 Å². The van der Waals surface area contributed by atoms with Gasteiger partial charge in [-0.15, -0.1) is 0 Å². The van der Waals surface area contributed by atoms with Crippen molar-refractivity contribution in [2.75, 3.05) is 25.6 Å². The summed E-state index contributed by atoms with van der Waals surface area (Å²) in [5.74, 6) is 0.150. The molecule has 0 bridgehead atoms. The van der Waals surface area contributed by atoms with E-state index in [0.717, 1.165) is 41.8 Å². The molecule has 2 aliphatic carbocycles. The van der Waals surface area contributed by atoms with Crippen LogP contribution in [0.25, 0.3) is 0 Å². The number of carbonyl (C=O) groups excluding carboxylic acids is 3. The lowest BCUT2D eigenvalue weighted by atomic mass is 9.63. The lowest BCUT2D eigenvalue weighted by molar-refractivity contribution is -0.120. The zero-order valence-corrected chi connectivity index (χ0v) is 32.5. The van der Waals surface area contributed by atoms with Gasteiger partial charge in [-0.1, -0.05) is 75.7 Å². The van der Waals surface area contributed by atoms with Gasteiger partial charge in [0.2, 0.25) is 0 Å². The fourth-order valence-corrected chi connectivity index (χ4v) is 8.55. The number of ether oxygens (including phenoxy) is 2. The Morgan fingerprint density at radius 1 is 0.920 bits per heavy atom. The van der Waals surface area contributed by atoms with Crippen LogP contribution in [0.5, 0.6) is 11.5 Å². The number of nitrogens with one attached hydrogen (secondary N) is 1. The second kappa shape index (κ2) is 14.2. The molecule has 0 fully saturated rings. The molecule has 7 nitrogen and oxygen atoms in total. The summed E-state index contributed by atoms with van der Waals surface area (Å²) in [5, 5.41) is 3.39. The van der Waals surface area contributed by atoms with Crippen LogP contribution in [0.3, 0.4) is 0 Å². The molecule has 0 unspecified atom stereocenters. The lowest BCUT2D eigenvalue weighted by Crippen LogP contribution is -2.45. The van der Waals surface area contributed by atoms with E-state index in [4.69, 9.17) is 21.1 Å². The first-order valence-corrected chi connectivity index (χ1v) is 18.5. The van der Waals surface area contributed by atoms with Gasteiger partial charge in [-0.05, 0) is 101 Å². The third kappa shape index (κ3) is 7.52. The van der Waals surface area contributed by atoms with Gasteiger partial charge in [0.15, 0.2) is 29.7 Å². The summed E-state index contributed by atoms with van der Waals surface area (Å²) in [6.45, 7) is 11.0. The quantitative estimate of drug-likeness (QED) is 0.217. The number of halogens is 2. The van der Waals surface area contributed by atoms with E-state index in [1.54, 1.807) is 19.2 Å². The minimum absolute atomic E-state index is 0.0809. The largest absolute Gasteiger partial charge is 0.493 e. The molecule has 262 valence electrons. The zero-order valence-electron chi connectivity index (χ0n) is 29.5. The maximum Gasteiger partial charge on any atom is 0.262 e. The van der Waals surface area contributed by atoms with Gasteiger partial charge < -0.3 is 19.7 Å². The van der Waals surface area contributed by atoms with E-state index in [1.165, 1.54) is 5.56 Å². The summed E-state index contributed by atoms with van der Waals surface area (Å²) in [5.41, 5.74) is 6.57. The van der Waals surface area contributed by atoms with Gasteiger partial charge in [-0.3, -0.25) is 14.4 Å². The van der Waals surface area contributed by atoms with Gasteiger partial charge in [-0.2, -0.15) is 0 Å². The van der Waals surface area contributed by atoms with Crippen molar-refractivity contribution in [2.45, 2.75) is 72.6 Å². The fraction of sp³-hybridized carbons (Fsp3) is 0.390. The molecule has 50 heavy (non-hydrogen) atoms. The van der Waals surface area contributed by atoms with E-state index >= 15 is 0 Å². The molecule has 0 radical (unpaired) electrons. The van der Waals surface area contributed by atoms with Gasteiger partial charge in [-0.25, -0.2) is 0 Å². The Labute approximate surface area is 313 Å². The Bertz CT molecular complexity index is 1880. The van der Waals surface area contributed by atoms with Gasteiger partial charge in [0.05, 0.1) is 10.7 Å². The number of benzene rings is 3. The van der Waals surface area contributed by atoms with Crippen molar-refractivity contribution in [3.8, 4) is 11.5 Å². The first-order chi connectivity index (χ1) is 23.7. The number of amides is 1. The number of aryl methyl sites for hydroxylation is 1. The molecule has 0 saturated heterocycles. The number of carbonyl (C=O) groups is 3. The topological polar surface area (TPSA) is 84.9 Å². The Balaban J connectivity index is 1.39. The molecule has 1 heterocycles. The molecule has 3 aromatic rings. The van der Waals surface area contributed by atoms with Gasteiger partial charge in [0.1, 0.15) is 0 Å². The maximum atomic E-state index is 14.3. The van der Waals surface area contributed by atoms with Crippen LogP contribution in [0.1, 0.15) is 76.0 Å². The highest BCUT2D eigenvalue weighted by Gasteiger charge is 2.49. The van der Waals surface area contributed by atoms with Crippen molar-refractivity contribution in [1.29, 1.82) is 0 Å². The summed E-state index contributed by atoms with van der Waals surface area (Å²) >= 11 is 8.42. The third-order valence-corrected chi connectivity index (χ3v) is 11.1. The lowest BCUT2D eigenvalue weighted by Gasteiger charge is -2.49. The predicted octanol–water partition coefficient (Wildman–Crippen LogP) is 9.21. The highest BCUT2D eigenvalue weighted by molar-refractivity contribution is 14.1. The monoisotopic (exact) mass is 806 g/mol. The molecular formula is C41H44ClIN2O5. The molecule has 0 atom stereocenters. The van der Waals surface area contributed by atoms with Crippen molar-refractivity contribution < 1.29 is 23.9 Å². The smallest absolute Gasteiger partial charge is 0.262 e. The summed E-state index contributed by atoms with van der Waals surface area (Å²) in [7, 11) is 1.56. The van der Waals surface area contributed by atoms with E-state index < -0.39 is 5.92 Å². The highest BCUT2D eigenvalue weighted by atomic mass is 127. The standard InChI is InChI=1S/C41H44ClIN2O5/c1-24-12-13-27(18-28(24)42)44-35(48)23-50-39-29(43)16-26(17-34(39)49-6)36-37-30(19-40(2,3)21-32(37)46)45(15-14-25-10-8-7-9-11-25)31-20-41(4,5)22-33(47)38(31)36/h7-13,16-18,36H,14-15,19-23H2,1-6H3,(H,44,48). The Morgan fingerprint density at radius 2 is 1.54 bits per heavy atom. The van der Waals surface area contributed by atoms with E-state index in [9.17, 15) is 14.4 Å². The van der Waals surface area contributed by atoms with E-state index in [1.807, 2.05) is 43.3 Å². The summed E-state index contributed by atoms with van der Waals surface area (Å²) in [6.07, 6.45) is 3.09. The molecule has 6 rings (SSSR count). The Hall–Kier alpha value is -3.63. The van der Waals surface area contributed by atoms with E-state index in [2.05, 4.69) is 72.6 Å².